The molecule has 0 unspecified atom stereocenters. The van der Waals surface area contributed by atoms with Crippen LogP contribution in [-0.2, 0) is 7.05 Å². The van der Waals surface area contributed by atoms with Crippen molar-refractivity contribution in [3.63, 3.8) is 0 Å². The number of pyridine rings is 2. The average molecular weight is 521 g/mol. The Morgan fingerprint density at radius 1 is 0.816 bits per heavy atom. The summed E-state index contributed by atoms with van der Waals surface area (Å²) < 4.78 is 3.34. The minimum absolute atomic E-state index is 0.259. The third kappa shape index (κ3) is 4.92. The van der Waals surface area contributed by atoms with Crippen LogP contribution < -0.4 is 15.3 Å². The van der Waals surface area contributed by atoms with Crippen molar-refractivity contribution >= 4 is 39.2 Å². The average Bonchev–Trinajstić information content (AvgIpc) is 3.39. The van der Waals surface area contributed by atoms with Crippen LogP contribution in [0.15, 0.2) is 96.4 Å². The van der Waals surface area contributed by atoms with Gasteiger partial charge in [-0.25, -0.2) is 0 Å². The molecule has 38 heavy (non-hydrogen) atoms. The molecule has 2 N–H and O–H groups in total. The summed E-state index contributed by atoms with van der Waals surface area (Å²) in [4.78, 5) is 10.5. The minimum Gasteiger partial charge on any atom is -0.368 e. The van der Waals surface area contributed by atoms with Crippen LogP contribution in [0.5, 0.6) is 0 Å². The first-order chi connectivity index (χ1) is 18.5. The number of hydrogen-bond donors (Lipinski definition) is 2. The van der Waals surface area contributed by atoms with E-state index in [0.717, 1.165) is 58.8 Å². The first-order valence-electron chi connectivity index (χ1n) is 12.5. The van der Waals surface area contributed by atoms with E-state index in [2.05, 4.69) is 57.4 Å². The summed E-state index contributed by atoms with van der Waals surface area (Å²) in [6.45, 7) is 3.83. The second-order valence-electron chi connectivity index (χ2n) is 9.34. The van der Waals surface area contributed by atoms with Gasteiger partial charge in [-0.3, -0.25) is 25.1 Å². The second kappa shape index (κ2) is 10.2. The lowest BCUT2D eigenvalue weighted by Gasteiger charge is -2.37. The fourth-order valence-corrected chi connectivity index (χ4v) is 5.56. The molecule has 0 spiro atoms. The van der Waals surface area contributed by atoms with Gasteiger partial charge in [0.2, 0.25) is 0 Å². The van der Waals surface area contributed by atoms with E-state index >= 15 is 0 Å². The van der Waals surface area contributed by atoms with Crippen molar-refractivity contribution in [1.29, 1.82) is 10.8 Å². The Labute approximate surface area is 225 Å². The fraction of sp³-hybridized carbons (Fsp3) is 0.172. The number of aryl methyl sites for hydroxylation is 1. The minimum atomic E-state index is 0.259. The van der Waals surface area contributed by atoms with Crippen LogP contribution >= 0.6 is 11.8 Å². The van der Waals surface area contributed by atoms with Crippen molar-refractivity contribution < 1.29 is 0 Å². The first kappa shape index (κ1) is 24.0. The molecule has 1 aliphatic heterocycles. The number of aromatic nitrogens is 4. The van der Waals surface area contributed by atoms with E-state index < -0.39 is 0 Å². The maximum absolute atomic E-state index is 8.73. The van der Waals surface area contributed by atoms with Gasteiger partial charge < -0.3 is 9.80 Å². The largest absolute Gasteiger partial charge is 0.368 e. The van der Waals surface area contributed by atoms with Crippen molar-refractivity contribution in [3.05, 3.63) is 97.0 Å². The number of nitrogens with zero attached hydrogens (tertiary/aromatic N) is 6. The van der Waals surface area contributed by atoms with Crippen molar-refractivity contribution in [2.45, 2.75) is 4.90 Å². The molecule has 1 saturated heterocycles. The van der Waals surface area contributed by atoms with Gasteiger partial charge in [0, 0.05) is 72.7 Å². The molecule has 0 bridgehead atoms. The third-order valence-electron chi connectivity index (χ3n) is 6.82. The predicted molar refractivity (Wildman–Crippen MR) is 154 cm³/mol. The molecule has 8 nitrogen and oxygen atoms in total. The lowest BCUT2D eigenvalue weighted by molar-refractivity contribution is 0.653. The molecule has 4 heterocycles. The van der Waals surface area contributed by atoms with E-state index in [-0.39, 0.29) is 10.7 Å². The summed E-state index contributed by atoms with van der Waals surface area (Å²) in [5, 5.41) is 22.6. The van der Waals surface area contributed by atoms with Crippen LogP contribution in [-0.4, -0.2) is 50.7 Å². The summed E-state index contributed by atoms with van der Waals surface area (Å²) in [7, 11) is 1.87. The molecule has 190 valence electrons. The zero-order valence-corrected chi connectivity index (χ0v) is 21.9. The van der Waals surface area contributed by atoms with Crippen molar-refractivity contribution in [2.24, 2.45) is 7.05 Å². The van der Waals surface area contributed by atoms with Crippen molar-refractivity contribution in [1.82, 2.24) is 19.3 Å². The molecule has 0 radical (unpaired) electrons. The highest BCUT2D eigenvalue weighted by atomic mass is 32.2. The number of hydrogen-bond acceptors (Lipinski definition) is 7. The SMILES string of the molecule is Cn1cc(-c2ccc(=N)n(C(=N)Sc3ccc4ncc(N5CCN(c6ccccc6)CC5)cc4c3)c2)cn1. The summed E-state index contributed by atoms with van der Waals surface area (Å²) in [5.41, 5.74) is 5.45. The quantitative estimate of drug-likeness (QED) is 0.202. The van der Waals surface area contributed by atoms with Gasteiger partial charge in [-0.05, 0) is 48.5 Å². The van der Waals surface area contributed by atoms with Gasteiger partial charge in [0.15, 0.2) is 5.17 Å². The number of thioether (sulfide) groups is 1. The highest BCUT2D eigenvalue weighted by molar-refractivity contribution is 8.13. The van der Waals surface area contributed by atoms with Crippen LogP contribution in [0.3, 0.4) is 0 Å². The van der Waals surface area contributed by atoms with Gasteiger partial charge in [0.05, 0.1) is 23.6 Å². The van der Waals surface area contributed by atoms with Crippen LogP contribution in [0.25, 0.3) is 22.0 Å². The standard InChI is InChI=1S/C29H28N8S/c1-34-19-23(17-33-34)21-7-10-28(30)37(20-21)29(31)38-26-8-9-27-22(16-26)15-25(18-32-27)36-13-11-35(12-14-36)24-5-3-2-4-6-24/h2-10,15-20,30-31H,11-14H2,1H3. The van der Waals surface area contributed by atoms with Gasteiger partial charge in [0.25, 0.3) is 0 Å². The molecular weight excluding hydrogens is 492 g/mol. The van der Waals surface area contributed by atoms with E-state index in [1.54, 1.807) is 21.5 Å². The number of nitrogens with one attached hydrogen (secondary N) is 2. The maximum Gasteiger partial charge on any atom is 0.171 e. The molecule has 0 atom stereocenters. The predicted octanol–water partition coefficient (Wildman–Crippen LogP) is 4.82. The summed E-state index contributed by atoms with van der Waals surface area (Å²) in [5.74, 6) is 0. The smallest absolute Gasteiger partial charge is 0.171 e. The first-order valence-corrected chi connectivity index (χ1v) is 13.3. The Kier molecular flexibility index (Phi) is 6.43. The van der Waals surface area contributed by atoms with Gasteiger partial charge in [-0.1, -0.05) is 30.0 Å². The highest BCUT2D eigenvalue weighted by Gasteiger charge is 2.18. The lowest BCUT2D eigenvalue weighted by atomic mass is 10.2. The van der Waals surface area contributed by atoms with E-state index in [1.165, 1.54) is 17.4 Å². The van der Waals surface area contributed by atoms with Crippen LogP contribution in [0, 0.1) is 10.8 Å². The third-order valence-corrected chi connectivity index (χ3v) is 7.70. The van der Waals surface area contributed by atoms with Gasteiger partial charge in [-0.15, -0.1) is 0 Å². The fourth-order valence-electron chi connectivity index (χ4n) is 4.77. The Morgan fingerprint density at radius 3 is 2.32 bits per heavy atom. The summed E-state index contributed by atoms with van der Waals surface area (Å²) in [6.07, 6.45) is 7.50. The zero-order valence-electron chi connectivity index (χ0n) is 21.1. The Bertz CT molecular complexity index is 1670. The van der Waals surface area contributed by atoms with E-state index in [0.29, 0.717) is 0 Å². The van der Waals surface area contributed by atoms with Crippen molar-refractivity contribution in [2.75, 3.05) is 36.0 Å². The number of fused-ring (bicyclic) bond motifs is 1. The molecule has 0 amide bonds. The molecule has 5 aromatic rings. The number of anilines is 2. The monoisotopic (exact) mass is 520 g/mol. The Balaban J connectivity index is 1.19. The molecule has 1 aliphatic rings. The second-order valence-corrected chi connectivity index (χ2v) is 10.4. The van der Waals surface area contributed by atoms with Gasteiger partial charge in [0.1, 0.15) is 5.49 Å². The number of para-hydroxylation sites is 1. The number of piperazine rings is 1. The highest BCUT2D eigenvalue weighted by Crippen LogP contribution is 2.28. The molecule has 2 aromatic carbocycles. The van der Waals surface area contributed by atoms with Gasteiger partial charge >= 0.3 is 0 Å². The summed E-state index contributed by atoms with van der Waals surface area (Å²) >= 11 is 1.33. The normalized spacial score (nSPS) is 13.7. The van der Waals surface area contributed by atoms with E-state index in [9.17, 15) is 0 Å². The molecule has 6 rings (SSSR count). The molecule has 1 fully saturated rings. The topological polar surface area (TPSA) is 89.8 Å². The van der Waals surface area contributed by atoms with Crippen molar-refractivity contribution in [3.8, 4) is 11.1 Å². The molecular formula is C29H28N8S. The van der Waals surface area contributed by atoms with Crippen LogP contribution in [0.2, 0.25) is 0 Å². The number of benzene rings is 2. The zero-order chi connectivity index (χ0) is 26.1. The molecule has 0 aliphatic carbocycles. The lowest BCUT2D eigenvalue weighted by Crippen LogP contribution is -2.46. The maximum atomic E-state index is 8.73. The van der Waals surface area contributed by atoms with Crippen LogP contribution in [0.4, 0.5) is 11.4 Å². The van der Waals surface area contributed by atoms with E-state index in [1.807, 2.05) is 43.8 Å². The summed E-state index contributed by atoms with van der Waals surface area (Å²) in [6, 6.07) is 22.4. The Morgan fingerprint density at radius 2 is 1.58 bits per heavy atom. The molecule has 3 aromatic heterocycles. The number of rotatable bonds is 4. The van der Waals surface area contributed by atoms with Crippen LogP contribution in [0.1, 0.15) is 0 Å². The molecule has 9 heteroatoms. The molecule has 0 saturated carbocycles. The van der Waals surface area contributed by atoms with Gasteiger partial charge in [-0.2, -0.15) is 5.10 Å². The Hall–Kier alpha value is -4.37. The van der Waals surface area contributed by atoms with E-state index in [4.69, 9.17) is 15.8 Å².